The largest absolute Gasteiger partial charge is 0.492 e. The van der Waals surface area contributed by atoms with Crippen LogP contribution in [0.15, 0.2) is 53.0 Å². The average molecular weight is 344 g/mol. The normalized spacial score (nSPS) is 10.8. The van der Waals surface area contributed by atoms with Crippen molar-refractivity contribution in [2.24, 2.45) is 0 Å². The average Bonchev–Trinajstić information content (AvgIpc) is 2.51. The van der Waals surface area contributed by atoms with Gasteiger partial charge < -0.3 is 4.74 Å². The summed E-state index contributed by atoms with van der Waals surface area (Å²) in [6, 6.07) is 16.2. The minimum absolute atomic E-state index is 0.103. The van der Waals surface area contributed by atoms with E-state index in [1.807, 2.05) is 37.3 Å². The lowest BCUT2D eigenvalue weighted by Crippen LogP contribution is -2.04. The van der Waals surface area contributed by atoms with E-state index >= 15 is 0 Å². The zero-order valence-corrected chi connectivity index (χ0v) is 13.4. The molecule has 0 aliphatic heterocycles. The van der Waals surface area contributed by atoms with Crippen molar-refractivity contribution >= 4 is 27.8 Å². The Kier molecular flexibility index (Phi) is 5.76. The highest BCUT2D eigenvalue weighted by Gasteiger charge is 2.14. The van der Waals surface area contributed by atoms with Crippen LogP contribution in [0, 0.1) is 6.07 Å². The van der Waals surface area contributed by atoms with Gasteiger partial charge in [-0.25, -0.2) is 0 Å². The molecule has 2 aromatic rings. The van der Waals surface area contributed by atoms with Crippen LogP contribution < -0.4 is 4.74 Å². The molecule has 0 saturated carbocycles. The molecule has 2 rings (SSSR count). The molecule has 2 nitrogen and oxygen atoms in total. The van der Waals surface area contributed by atoms with Gasteiger partial charge >= 0.3 is 0 Å². The molecule has 0 unspecified atom stereocenters. The van der Waals surface area contributed by atoms with Crippen LogP contribution in [0.3, 0.4) is 0 Å². The first-order valence-electron chi connectivity index (χ1n) is 6.83. The maximum absolute atomic E-state index is 12.4. The number of rotatable bonds is 6. The SMILES string of the molecule is CCCOc1[c]ccc(Br)c1C(=O)/C=C/c1ccccc1. The first-order valence-corrected chi connectivity index (χ1v) is 7.62. The number of hydrogen-bond acceptors (Lipinski definition) is 2. The van der Waals surface area contributed by atoms with Gasteiger partial charge in [0, 0.05) is 10.5 Å². The number of ether oxygens (including phenoxy) is 1. The van der Waals surface area contributed by atoms with Gasteiger partial charge in [-0.05, 0) is 46.1 Å². The molecule has 2 aromatic carbocycles. The van der Waals surface area contributed by atoms with Crippen molar-refractivity contribution in [3.8, 4) is 5.75 Å². The monoisotopic (exact) mass is 343 g/mol. The summed E-state index contributed by atoms with van der Waals surface area (Å²) in [6.07, 6.45) is 4.24. The molecule has 0 N–H and O–H groups in total. The zero-order chi connectivity index (χ0) is 15.1. The number of ketones is 1. The summed E-state index contributed by atoms with van der Waals surface area (Å²) < 4.78 is 6.32. The molecule has 0 amide bonds. The van der Waals surface area contributed by atoms with E-state index < -0.39 is 0 Å². The van der Waals surface area contributed by atoms with Gasteiger partial charge in [-0.3, -0.25) is 4.79 Å². The van der Waals surface area contributed by atoms with Crippen molar-refractivity contribution in [3.05, 3.63) is 70.2 Å². The van der Waals surface area contributed by atoms with Crippen LogP contribution >= 0.6 is 15.9 Å². The third kappa shape index (κ3) is 4.30. The molecule has 3 heteroatoms. The third-order valence-corrected chi connectivity index (χ3v) is 3.49. The Balaban J connectivity index is 2.24. The fraction of sp³-hybridized carbons (Fsp3) is 0.167. The first-order chi connectivity index (χ1) is 10.2. The number of carbonyl (C=O) groups excluding carboxylic acids is 1. The lowest BCUT2D eigenvalue weighted by Gasteiger charge is -2.09. The number of allylic oxidation sites excluding steroid dienone is 1. The molecule has 21 heavy (non-hydrogen) atoms. The predicted octanol–water partition coefficient (Wildman–Crippen LogP) is 4.93. The van der Waals surface area contributed by atoms with Crippen molar-refractivity contribution < 1.29 is 9.53 Å². The summed E-state index contributed by atoms with van der Waals surface area (Å²) in [5.41, 5.74) is 1.50. The van der Waals surface area contributed by atoms with E-state index in [0.29, 0.717) is 17.9 Å². The summed E-state index contributed by atoms with van der Waals surface area (Å²) in [6.45, 7) is 2.59. The fourth-order valence-electron chi connectivity index (χ4n) is 1.82. The third-order valence-electron chi connectivity index (χ3n) is 2.83. The van der Waals surface area contributed by atoms with Gasteiger partial charge in [0.05, 0.1) is 12.2 Å². The molecule has 0 atom stereocenters. The van der Waals surface area contributed by atoms with Crippen LogP contribution in [0.1, 0.15) is 29.3 Å². The van der Waals surface area contributed by atoms with Crippen LogP contribution in [0.25, 0.3) is 6.08 Å². The lowest BCUT2D eigenvalue weighted by molar-refractivity contribution is 0.104. The molecule has 0 aliphatic rings. The quantitative estimate of drug-likeness (QED) is 0.548. The van der Waals surface area contributed by atoms with E-state index in [1.54, 1.807) is 24.3 Å². The highest BCUT2D eigenvalue weighted by atomic mass is 79.9. The molecule has 0 fully saturated rings. The highest BCUT2D eigenvalue weighted by Crippen LogP contribution is 2.27. The lowest BCUT2D eigenvalue weighted by atomic mass is 10.1. The van der Waals surface area contributed by atoms with Crippen molar-refractivity contribution in [1.82, 2.24) is 0 Å². The van der Waals surface area contributed by atoms with E-state index in [9.17, 15) is 4.79 Å². The van der Waals surface area contributed by atoms with E-state index in [-0.39, 0.29) is 5.78 Å². The van der Waals surface area contributed by atoms with Crippen LogP contribution in [0.5, 0.6) is 5.75 Å². The number of carbonyl (C=O) groups is 1. The fourth-order valence-corrected chi connectivity index (χ4v) is 2.33. The molecular weight excluding hydrogens is 328 g/mol. The molecule has 0 saturated heterocycles. The predicted molar refractivity (Wildman–Crippen MR) is 88.6 cm³/mol. The van der Waals surface area contributed by atoms with Crippen LogP contribution in [-0.2, 0) is 0 Å². The van der Waals surface area contributed by atoms with Gasteiger partial charge in [-0.1, -0.05) is 43.3 Å². The minimum atomic E-state index is -0.103. The summed E-state index contributed by atoms with van der Waals surface area (Å²) in [5.74, 6) is 0.391. The molecule has 0 bridgehead atoms. The number of hydrogen-bond donors (Lipinski definition) is 0. The van der Waals surface area contributed by atoms with E-state index in [0.717, 1.165) is 16.5 Å². The van der Waals surface area contributed by atoms with Gasteiger partial charge in [-0.15, -0.1) is 0 Å². The summed E-state index contributed by atoms with van der Waals surface area (Å²) in [5, 5.41) is 0. The molecule has 0 heterocycles. The Morgan fingerprint density at radius 3 is 2.76 bits per heavy atom. The number of halogens is 1. The maximum Gasteiger partial charge on any atom is 0.190 e. The molecule has 0 spiro atoms. The molecular formula is C18H16BrO2. The van der Waals surface area contributed by atoms with Crippen molar-refractivity contribution in [3.63, 3.8) is 0 Å². The summed E-state index contributed by atoms with van der Waals surface area (Å²) >= 11 is 3.41. The van der Waals surface area contributed by atoms with Gasteiger partial charge in [0.2, 0.25) is 0 Å². The Morgan fingerprint density at radius 2 is 2.05 bits per heavy atom. The molecule has 0 aliphatic carbocycles. The Morgan fingerprint density at radius 1 is 1.29 bits per heavy atom. The van der Waals surface area contributed by atoms with Crippen LogP contribution in [0.2, 0.25) is 0 Å². The second-order valence-corrected chi connectivity index (χ2v) is 5.34. The first kappa shape index (κ1) is 15.5. The minimum Gasteiger partial charge on any atom is -0.492 e. The van der Waals surface area contributed by atoms with Gasteiger partial charge in [0.25, 0.3) is 0 Å². The van der Waals surface area contributed by atoms with E-state index in [2.05, 4.69) is 22.0 Å². The van der Waals surface area contributed by atoms with Gasteiger partial charge in [0.1, 0.15) is 5.75 Å². The summed E-state index contributed by atoms with van der Waals surface area (Å²) in [7, 11) is 0. The van der Waals surface area contributed by atoms with Crippen LogP contribution in [0.4, 0.5) is 0 Å². The van der Waals surface area contributed by atoms with Crippen molar-refractivity contribution in [2.75, 3.05) is 6.61 Å². The van der Waals surface area contributed by atoms with E-state index in [1.165, 1.54) is 0 Å². The van der Waals surface area contributed by atoms with Gasteiger partial charge in [-0.2, -0.15) is 0 Å². The van der Waals surface area contributed by atoms with Crippen molar-refractivity contribution in [1.29, 1.82) is 0 Å². The Hall–Kier alpha value is -1.87. The summed E-state index contributed by atoms with van der Waals surface area (Å²) in [4.78, 5) is 12.4. The number of benzene rings is 2. The molecule has 1 radical (unpaired) electrons. The maximum atomic E-state index is 12.4. The van der Waals surface area contributed by atoms with Crippen LogP contribution in [-0.4, -0.2) is 12.4 Å². The topological polar surface area (TPSA) is 26.3 Å². The molecule has 107 valence electrons. The smallest absolute Gasteiger partial charge is 0.190 e. The highest BCUT2D eigenvalue weighted by molar-refractivity contribution is 9.10. The second-order valence-electron chi connectivity index (χ2n) is 4.49. The van der Waals surface area contributed by atoms with Crippen molar-refractivity contribution in [2.45, 2.75) is 13.3 Å². The Labute approximate surface area is 133 Å². The van der Waals surface area contributed by atoms with E-state index in [4.69, 9.17) is 4.74 Å². The van der Waals surface area contributed by atoms with Gasteiger partial charge in [0.15, 0.2) is 5.78 Å². The second kappa shape index (κ2) is 7.79. The zero-order valence-electron chi connectivity index (χ0n) is 11.8. The standard InChI is InChI=1S/C18H16BrO2/c1-2-13-21-17-10-6-9-15(19)18(17)16(20)12-11-14-7-4-3-5-8-14/h3-9,11-12H,2,13H2,1H3/b12-11+. The Bertz CT molecular complexity index is 633. The molecule has 0 aromatic heterocycles.